The molecule has 1 amide bonds. The number of H-pyrrole nitrogens is 2. The monoisotopic (exact) mass is 936 g/mol. The quantitative estimate of drug-likeness (QED) is 0.0999. The summed E-state index contributed by atoms with van der Waals surface area (Å²) in [6.45, 7) is 7.38. The minimum Gasteiger partial charge on any atom is -0.497 e. The maximum Gasteiger partial charge on any atom is 0.279 e. The molecule has 0 bridgehead atoms. The number of anilines is 1. The fraction of sp³-hybridized carbons (Fsp3) is 0.241. The summed E-state index contributed by atoms with van der Waals surface area (Å²) in [4.78, 5) is 45.3. The van der Waals surface area contributed by atoms with Gasteiger partial charge in [0.1, 0.15) is 5.75 Å². The van der Waals surface area contributed by atoms with Crippen LogP contribution in [0.2, 0.25) is 18.6 Å². The molecule has 11 rings (SSSR count). The van der Waals surface area contributed by atoms with Crippen molar-refractivity contribution in [3.8, 4) is 17.1 Å². The minimum absolute atomic E-state index is 0.0863. The van der Waals surface area contributed by atoms with E-state index in [2.05, 4.69) is 52.7 Å². The van der Waals surface area contributed by atoms with Crippen molar-refractivity contribution in [2.24, 2.45) is 5.92 Å². The number of aromatic nitrogens is 7. The predicted octanol–water partition coefficient (Wildman–Crippen LogP) is 7.53. The Morgan fingerprint density at radius 1 is 0.783 bits per heavy atom. The van der Waals surface area contributed by atoms with Crippen LogP contribution < -0.4 is 25.9 Å². The molecular weight excluding hydrogens is 885 g/mol. The van der Waals surface area contributed by atoms with Gasteiger partial charge in [-0.3, -0.25) is 29.3 Å². The van der Waals surface area contributed by atoms with E-state index < -0.39 is 19.8 Å². The third-order valence-electron chi connectivity index (χ3n) is 14.7. The molecule has 3 aromatic heterocycles. The maximum atomic E-state index is 16.0. The molecule has 1 unspecified atom stereocenters. The molecule has 5 atom stereocenters. The number of aryl methyl sites for hydroxylation is 1. The van der Waals surface area contributed by atoms with E-state index >= 15 is 4.79 Å². The number of aliphatic hydroxyl groups is 1. The Kier molecular flexibility index (Phi) is 10.9. The van der Waals surface area contributed by atoms with Crippen LogP contribution >= 0.6 is 0 Å². The molecule has 0 saturated carbocycles. The topological polar surface area (TPSA) is 165 Å². The normalized spacial score (nSPS) is 19.5. The van der Waals surface area contributed by atoms with Gasteiger partial charge in [0.05, 0.1) is 84.9 Å². The van der Waals surface area contributed by atoms with E-state index in [0.717, 1.165) is 22.4 Å². The summed E-state index contributed by atoms with van der Waals surface area (Å²) in [5, 5.41) is 28.4. The first-order chi connectivity index (χ1) is 33.5. The van der Waals surface area contributed by atoms with Crippen molar-refractivity contribution in [2.75, 3.05) is 18.6 Å². The number of nitrogens with one attached hydrogen (secondary N) is 2. The van der Waals surface area contributed by atoms with Gasteiger partial charge in [0, 0.05) is 24.2 Å². The van der Waals surface area contributed by atoms with Crippen molar-refractivity contribution in [3.63, 3.8) is 0 Å². The zero-order chi connectivity index (χ0) is 47.6. The molecule has 6 aromatic carbocycles. The lowest BCUT2D eigenvalue weighted by Gasteiger charge is -2.37. The van der Waals surface area contributed by atoms with E-state index in [0.29, 0.717) is 57.6 Å². The van der Waals surface area contributed by atoms with Gasteiger partial charge in [-0.1, -0.05) is 109 Å². The maximum absolute atomic E-state index is 16.0. The van der Waals surface area contributed by atoms with Crippen molar-refractivity contribution >= 4 is 46.7 Å². The van der Waals surface area contributed by atoms with E-state index in [4.69, 9.17) is 9.47 Å². The Hall–Kier alpha value is -7.59. The molecule has 14 nitrogen and oxygen atoms in total. The molecule has 69 heavy (non-hydrogen) atoms. The fourth-order valence-electron chi connectivity index (χ4n) is 11.2. The van der Waals surface area contributed by atoms with Crippen LogP contribution in [-0.2, 0) is 28.2 Å². The number of aliphatic hydroxyl groups excluding tert-OH is 1. The highest BCUT2D eigenvalue weighted by atomic mass is 28.3. The number of carbonyl (C=O) groups excluding carboxylic acids is 1. The molecule has 9 aromatic rings. The van der Waals surface area contributed by atoms with Crippen molar-refractivity contribution < 1.29 is 19.4 Å². The summed E-state index contributed by atoms with van der Waals surface area (Å²) >= 11 is 0. The van der Waals surface area contributed by atoms with Crippen LogP contribution in [0.4, 0.5) is 5.69 Å². The summed E-state index contributed by atoms with van der Waals surface area (Å²) in [6.07, 6.45) is 2.00. The molecule has 15 heteroatoms. The Labute approximate surface area is 398 Å². The second-order valence-electron chi connectivity index (χ2n) is 18.9. The highest BCUT2D eigenvalue weighted by Crippen LogP contribution is 2.60. The molecule has 2 aliphatic rings. The highest BCUT2D eigenvalue weighted by molar-refractivity contribution is 6.91. The smallest absolute Gasteiger partial charge is 0.279 e. The van der Waals surface area contributed by atoms with Crippen molar-refractivity contribution in [3.05, 3.63) is 195 Å². The minimum atomic E-state index is -2.55. The van der Waals surface area contributed by atoms with E-state index in [1.807, 2.05) is 132 Å². The van der Waals surface area contributed by atoms with Crippen LogP contribution in [0.1, 0.15) is 41.6 Å². The SMILES string of the molecule is COc1ccc([Si](C)(C)[C@@H]2[C@@H](CCn3cc(C(CO)c4ccccc4)nn3)O[C@]3(C(=O)N(Cc4cccc(-n5[nH]c6ccccc6c5=O)c4)c4ccc(-n5[nH]c6ccccc6c5=O)cc43)[C@H]2C)cc1. The number of fused-ring (bicyclic) bond motifs is 4. The Bertz CT molecular complexity index is 3500. The Morgan fingerprint density at radius 2 is 1.43 bits per heavy atom. The highest BCUT2D eigenvalue weighted by Gasteiger charge is 2.66. The molecule has 0 aliphatic carbocycles. The summed E-state index contributed by atoms with van der Waals surface area (Å²) in [6, 6.07) is 46.3. The molecule has 1 saturated heterocycles. The number of para-hydroxylation sites is 2. The van der Waals surface area contributed by atoms with Crippen molar-refractivity contribution in [1.29, 1.82) is 0 Å². The van der Waals surface area contributed by atoms with Gasteiger partial charge in [0.25, 0.3) is 17.0 Å². The molecule has 1 spiro atoms. The number of amides is 1. The molecule has 348 valence electrons. The van der Waals surface area contributed by atoms with Gasteiger partial charge in [-0.05, 0) is 89.8 Å². The van der Waals surface area contributed by atoms with Crippen LogP contribution in [0.3, 0.4) is 0 Å². The molecule has 1 fully saturated rings. The average molecular weight is 937 g/mol. The lowest BCUT2D eigenvalue weighted by Crippen LogP contribution is -2.51. The second kappa shape index (κ2) is 17.2. The lowest BCUT2D eigenvalue weighted by atomic mass is 9.82. The first kappa shape index (κ1) is 43.9. The number of ether oxygens (including phenoxy) is 2. The molecule has 5 heterocycles. The Morgan fingerprint density at radius 3 is 2.09 bits per heavy atom. The number of methoxy groups -OCH3 is 1. The fourth-order valence-corrected chi connectivity index (χ4v) is 15.3. The predicted molar refractivity (Wildman–Crippen MR) is 269 cm³/mol. The summed E-state index contributed by atoms with van der Waals surface area (Å²) in [5.74, 6) is -0.0961. The van der Waals surface area contributed by atoms with Gasteiger partial charge < -0.3 is 19.5 Å². The molecule has 3 N–H and O–H groups in total. The Balaban J connectivity index is 1.01. The molecule has 2 aliphatic heterocycles. The zero-order valence-electron chi connectivity index (χ0n) is 38.7. The van der Waals surface area contributed by atoms with Gasteiger partial charge in [-0.25, -0.2) is 9.36 Å². The van der Waals surface area contributed by atoms with E-state index in [1.165, 1.54) is 14.6 Å². The van der Waals surface area contributed by atoms with Gasteiger partial charge >= 0.3 is 0 Å². The summed E-state index contributed by atoms with van der Waals surface area (Å²) in [5.41, 5.74) is 4.58. The zero-order valence-corrected chi connectivity index (χ0v) is 39.7. The van der Waals surface area contributed by atoms with E-state index in [9.17, 15) is 14.7 Å². The number of nitrogens with zero attached hydrogens (tertiary/aromatic N) is 6. The van der Waals surface area contributed by atoms with E-state index in [1.54, 1.807) is 24.1 Å². The number of hydrogen-bond donors (Lipinski definition) is 3. The summed E-state index contributed by atoms with van der Waals surface area (Å²) < 4.78 is 18.0. The number of benzene rings is 6. The number of aromatic amines is 2. The largest absolute Gasteiger partial charge is 0.497 e. The van der Waals surface area contributed by atoms with Gasteiger partial charge in [-0.15, -0.1) is 5.10 Å². The average Bonchev–Trinajstić information content (AvgIpc) is 4.19. The molecule has 0 radical (unpaired) electrons. The first-order valence-corrected chi connectivity index (χ1v) is 26.4. The first-order valence-electron chi connectivity index (χ1n) is 23.3. The van der Waals surface area contributed by atoms with E-state index in [-0.39, 0.29) is 47.6 Å². The summed E-state index contributed by atoms with van der Waals surface area (Å²) in [7, 11) is -0.889. The lowest BCUT2D eigenvalue weighted by molar-refractivity contribution is -0.146. The number of carbonyl (C=O) groups is 1. The van der Waals surface area contributed by atoms with Crippen LogP contribution in [0.15, 0.2) is 161 Å². The number of rotatable bonds is 13. The van der Waals surface area contributed by atoms with Gasteiger partial charge in [-0.2, -0.15) is 0 Å². The van der Waals surface area contributed by atoms with Crippen LogP contribution in [0.5, 0.6) is 5.75 Å². The second-order valence-corrected chi connectivity index (χ2v) is 23.5. The number of hydrogen-bond acceptors (Lipinski definition) is 8. The van der Waals surface area contributed by atoms with Crippen LogP contribution in [0, 0.1) is 5.92 Å². The third kappa shape index (κ3) is 7.27. The molecular formula is C54H52N8O6Si. The van der Waals surface area contributed by atoms with Crippen molar-refractivity contribution in [2.45, 2.75) is 62.7 Å². The van der Waals surface area contributed by atoms with Crippen molar-refractivity contribution in [1.82, 2.24) is 34.6 Å². The standard InChI is InChI=1S/C54H52N8O6Si/c1-34-50(69(3,4)40-24-22-39(67-2)23-25-40)49(27-28-59-32-47(55-58-59)43(33-63)36-14-6-5-7-15-36)68-54(34)44-30-38(62-52(65)42-18-9-11-20-46(42)57-62)21-26-48(44)60(53(54)66)31-35-13-12-16-37(29-35)61-51(64)41-17-8-10-19-45(41)56-61/h5-26,29-30,32,34,43,49-50,56-57,63H,27-28,31,33H2,1-4H3/t34-,43?,49+,50-,54+/m0/s1. The van der Waals surface area contributed by atoms with Gasteiger partial charge in [0.15, 0.2) is 5.60 Å². The van der Waals surface area contributed by atoms with Crippen LogP contribution in [-0.4, -0.2) is 73.5 Å². The van der Waals surface area contributed by atoms with Gasteiger partial charge in [0.2, 0.25) is 0 Å². The third-order valence-corrected chi connectivity index (χ3v) is 19.1. The van der Waals surface area contributed by atoms with Crippen LogP contribution in [0.25, 0.3) is 33.2 Å².